The van der Waals surface area contributed by atoms with Gasteiger partial charge in [0.25, 0.3) is 0 Å². The van der Waals surface area contributed by atoms with Crippen LogP contribution in [0.5, 0.6) is 0 Å². The zero-order chi connectivity index (χ0) is 35.3. The summed E-state index contributed by atoms with van der Waals surface area (Å²) in [6, 6.07) is 40.0. The summed E-state index contributed by atoms with van der Waals surface area (Å²) in [6.45, 7) is 0. The van der Waals surface area contributed by atoms with E-state index in [9.17, 15) is 0 Å². The van der Waals surface area contributed by atoms with Gasteiger partial charge >= 0.3 is 0 Å². The summed E-state index contributed by atoms with van der Waals surface area (Å²) < 4.78 is 0. The van der Waals surface area contributed by atoms with Crippen LogP contribution in [0.4, 0.5) is 22.7 Å². The molecular formula is C44H34CuN8. The molecule has 0 fully saturated rings. The molecule has 8 bridgehead atoms. The van der Waals surface area contributed by atoms with Gasteiger partial charge in [0.15, 0.2) is 0 Å². The normalized spacial score (nSPS) is 11.8. The topological polar surface area (TPSA) is 161 Å². The van der Waals surface area contributed by atoms with E-state index in [1.807, 2.05) is 97.1 Å². The molecule has 7 aromatic rings. The second-order valence-electron chi connectivity index (χ2n) is 13.0. The molecule has 2 aliphatic heterocycles. The molecule has 0 saturated heterocycles. The molecule has 261 valence electrons. The monoisotopic (exact) mass is 737 g/mol. The number of fused-ring (bicyclic) bond motifs is 8. The van der Waals surface area contributed by atoms with Crippen molar-refractivity contribution in [3.05, 3.63) is 144 Å². The average molecular weight is 738 g/mol. The molecule has 3 aromatic heterocycles. The van der Waals surface area contributed by atoms with Crippen molar-refractivity contribution < 1.29 is 17.1 Å². The number of nitrogens with zero attached hydrogens (tertiary/aromatic N) is 2. The number of aromatic amines is 2. The summed E-state index contributed by atoms with van der Waals surface area (Å²) >= 11 is 0. The molecule has 0 unspecified atom stereocenters. The Bertz CT molecular complexity index is 2370. The Hall–Kier alpha value is -6.80. The molecule has 0 saturated carbocycles. The molecule has 2 aliphatic rings. The predicted molar refractivity (Wildman–Crippen MR) is 218 cm³/mol. The minimum atomic E-state index is 0. The first kappa shape index (κ1) is 33.3. The van der Waals surface area contributed by atoms with Crippen LogP contribution in [0.15, 0.2) is 121 Å². The van der Waals surface area contributed by atoms with Crippen LogP contribution in [0.2, 0.25) is 0 Å². The van der Waals surface area contributed by atoms with Gasteiger partial charge in [0.05, 0.1) is 22.8 Å². The van der Waals surface area contributed by atoms with E-state index in [4.69, 9.17) is 32.9 Å². The summed E-state index contributed by atoms with van der Waals surface area (Å²) in [5, 5.41) is 0. The van der Waals surface area contributed by atoms with E-state index < -0.39 is 0 Å². The quantitative estimate of drug-likeness (QED) is 0.0779. The van der Waals surface area contributed by atoms with Crippen LogP contribution < -0.4 is 22.9 Å². The van der Waals surface area contributed by atoms with Crippen molar-refractivity contribution in [3.8, 4) is 44.5 Å². The van der Waals surface area contributed by atoms with Gasteiger partial charge < -0.3 is 32.9 Å². The average Bonchev–Trinajstić information content (AvgIpc) is 3.99. The fourth-order valence-electron chi connectivity index (χ4n) is 7.02. The number of anilines is 4. The summed E-state index contributed by atoms with van der Waals surface area (Å²) in [6.07, 6.45) is 8.29. The predicted octanol–water partition coefficient (Wildman–Crippen LogP) is 9.65. The Balaban J connectivity index is 0.00000400. The van der Waals surface area contributed by atoms with Gasteiger partial charge in [-0.15, -0.1) is 0 Å². The fraction of sp³-hybridized carbons (Fsp3) is 0. The van der Waals surface area contributed by atoms with Gasteiger partial charge in [-0.25, -0.2) is 9.97 Å². The molecule has 5 heterocycles. The van der Waals surface area contributed by atoms with E-state index in [0.717, 1.165) is 89.4 Å². The van der Waals surface area contributed by atoms with Gasteiger partial charge in [0.1, 0.15) is 0 Å². The number of rotatable bonds is 4. The summed E-state index contributed by atoms with van der Waals surface area (Å²) in [7, 11) is 0. The van der Waals surface area contributed by atoms with E-state index in [1.54, 1.807) is 0 Å². The first-order valence-corrected chi connectivity index (χ1v) is 17.0. The van der Waals surface area contributed by atoms with Crippen LogP contribution in [0.1, 0.15) is 22.8 Å². The molecular weight excluding hydrogens is 704 g/mol. The maximum Gasteiger partial charge on any atom is 0.0737 e. The number of nitrogens with two attached hydrogens (primary N) is 4. The minimum absolute atomic E-state index is 0. The van der Waals surface area contributed by atoms with Crippen molar-refractivity contribution in [2.24, 2.45) is 0 Å². The van der Waals surface area contributed by atoms with Gasteiger partial charge in [0, 0.05) is 84.1 Å². The van der Waals surface area contributed by atoms with Crippen LogP contribution in [-0.4, -0.2) is 19.9 Å². The number of hydrogen-bond acceptors (Lipinski definition) is 6. The molecule has 9 heteroatoms. The van der Waals surface area contributed by atoms with E-state index in [-0.39, 0.29) is 17.1 Å². The van der Waals surface area contributed by atoms with Crippen LogP contribution in [-0.2, 0) is 17.1 Å². The second-order valence-corrected chi connectivity index (χ2v) is 13.0. The zero-order valence-electron chi connectivity index (χ0n) is 28.4. The van der Waals surface area contributed by atoms with E-state index in [2.05, 4.69) is 58.5 Å². The summed E-state index contributed by atoms with van der Waals surface area (Å²) in [4.78, 5) is 18.2. The Labute approximate surface area is 316 Å². The molecule has 4 aromatic carbocycles. The summed E-state index contributed by atoms with van der Waals surface area (Å²) in [5.41, 5.74) is 41.9. The van der Waals surface area contributed by atoms with Crippen LogP contribution in [0, 0.1) is 0 Å². The van der Waals surface area contributed by atoms with Gasteiger partial charge in [-0.2, -0.15) is 0 Å². The third-order valence-electron chi connectivity index (χ3n) is 9.55. The van der Waals surface area contributed by atoms with Crippen molar-refractivity contribution >= 4 is 69.1 Å². The molecule has 0 aliphatic carbocycles. The van der Waals surface area contributed by atoms with E-state index in [0.29, 0.717) is 22.7 Å². The zero-order valence-corrected chi connectivity index (χ0v) is 29.3. The number of hydrogen-bond donors (Lipinski definition) is 6. The summed E-state index contributed by atoms with van der Waals surface area (Å²) in [5.74, 6) is 0. The molecule has 8 nitrogen and oxygen atoms in total. The van der Waals surface area contributed by atoms with Crippen LogP contribution >= 0.6 is 0 Å². The van der Waals surface area contributed by atoms with Crippen molar-refractivity contribution in [1.82, 2.24) is 19.9 Å². The third kappa shape index (κ3) is 6.14. The number of benzene rings is 4. The van der Waals surface area contributed by atoms with E-state index >= 15 is 0 Å². The number of aromatic nitrogens is 4. The first-order valence-electron chi connectivity index (χ1n) is 17.0. The van der Waals surface area contributed by atoms with Gasteiger partial charge in [-0.05, 0) is 119 Å². The largest absolute Gasteiger partial charge is 0.399 e. The number of nitrogens with one attached hydrogen (secondary N) is 2. The van der Waals surface area contributed by atoms with Crippen molar-refractivity contribution in [2.45, 2.75) is 0 Å². The second kappa shape index (κ2) is 13.4. The van der Waals surface area contributed by atoms with Gasteiger partial charge in [0.2, 0.25) is 0 Å². The van der Waals surface area contributed by atoms with Crippen LogP contribution in [0.3, 0.4) is 0 Å². The fourth-order valence-corrected chi connectivity index (χ4v) is 7.02. The van der Waals surface area contributed by atoms with Crippen molar-refractivity contribution in [1.29, 1.82) is 0 Å². The molecule has 0 atom stereocenters. The van der Waals surface area contributed by atoms with Crippen molar-refractivity contribution in [3.63, 3.8) is 0 Å². The van der Waals surface area contributed by atoms with Gasteiger partial charge in [-0.3, -0.25) is 0 Å². The molecule has 53 heavy (non-hydrogen) atoms. The smallest absolute Gasteiger partial charge is 0.0737 e. The molecule has 1 radical (unpaired) electrons. The SMILES string of the molecule is Nc1ccc(-c2c3nc(c(-c4ccc(N)cc4)c4ccc([nH]4)c(-c4ccc(N)cc4)c4nc(c(-c5ccc(N)cc5)c5ccc2[nH]5)C=C4)C=C3)cc1.[Cu]. The maximum absolute atomic E-state index is 6.15. The number of H-pyrrole nitrogens is 2. The molecule has 9 rings (SSSR count). The van der Waals surface area contributed by atoms with E-state index in [1.165, 1.54) is 0 Å². The Morgan fingerprint density at radius 2 is 0.509 bits per heavy atom. The molecule has 0 amide bonds. The Kier molecular flexibility index (Phi) is 8.43. The first-order chi connectivity index (χ1) is 25.4. The standard InChI is InChI=1S/C44H34N8.Cu/c45-29-9-1-25(2-10-29)41-33-17-19-35(49-33)42(26-3-11-30(46)12-4-26)37-21-23-39(51-37)44(28-7-15-32(48)16-8-28)40-24-22-38(52-40)43(36-20-18-34(41)50-36)27-5-13-31(47)14-6-27;/h1-24,49,52H,45-48H2;. The third-order valence-corrected chi connectivity index (χ3v) is 9.55. The minimum Gasteiger partial charge on any atom is -0.399 e. The van der Waals surface area contributed by atoms with Gasteiger partial charge in [-0.1, -0.05) is 48.5 Å². The molecule has 0 spiro atoms. The maximum atomic E-state index is 6.15. The Morgan fingerprint density at radius 1 is 0.302 bits per heavy atom. The molecule has 10 N–H and O–H groups in total. The Morgan fingerprint density at radius 3 is 0.717 bits per heavy atom. The number of nitrogen functional groups attached to an aromatic ring is 4. The van der Waals surface area contributed by atoms with Crippen LogP contribution in [0.25, 0.3) is 90.9 Å². The van der Waals surface area contributed by atoms with Crippen molar-refractivity contribution in [2.75, 3.05) is 22.9 Å².